The molecule has 0 atom stereocenters. The third-order valence-electron chi connectivity index (χ3n) is 2.84. The van der Waals surface area contributed by atoms with Crippen LogP contribution in [0.15, 0.2) is 22.7 Å². The van der Waals surface area contributed by atoms with E-state index in [-0.39, 0.29) is 0 Å². The molecule has 1 aromatic carbocycles. The standard InChI is InChI=1S/C13H16BrN3O/c1-3-4-9-12(16-17-13(9)15)10-7-8(18-2)5-6-11(10)14/h5-7H,3-4H2,1-2H3,(H3,15,16,17). The Morgan fingerprint density at radius 2 is 2.22 bits per heavy atom. The van der Waals surface area contributed by atoms with Gasteiger partial charge < -0.3 is 10.5 Å². The molecule has 0 fully saturated rings. The fourth-order valence-corrected chi connectivity index (χ4v) is 2.37. The molecule has 1 heterocycles. The zero-order valence-electron chi connectivity index (χ0n) is 10.5. The number of nitrogens with two attached hydrogens (primary N) is 1. The van der Waals surface area contributed by atoms with Gasteiger partial charge in [0.05, 0.1) is 12.8 Å². The highest BCUT2D eigenvalue weighted by molar-refractivity contribution is 9.10. The first kappa shape index (κ1) is 13.0. The minimum Gasteiger partial charge on any atom is -0.497 e. The van der Waals surface area contributed by atoms with Crippen LogP contribution in [-0.2, 0) is 6.42 Å². The molecule has 0 amide bonds. The maximum atomic E-state index is 5.90. The van der Waals surface area contributed by atoms with E-state index in [9.17, 15) is 0 Å². The number of ether oxygens (including phenoxy) is 1. The number of halogens is 1. The lowest BCUT2D eigenvalue weighted by Gasteiger charge is -2.08. The predicted molar refractivity (Wildman–Crippen MR) is 76.7 cm³/mol. The fraction of sp³-hybridized carbons (Fsp3) is 0.308. The monoisotopic (exact) mass is 309 g/mol. The van der Waals surface area contributed by atoms with Crippen LogP contribution in [0.3, 0.4) is 0 Å². The van der Waals surface area contributed by atoms with E-state index in [2.05, 4.69) is 33.1 Å². The van der Waals surface area contributed by atoms with Gasteiger partial charge in [0.25, 0.3) is 0 Å². The van der Waals surface area contributed by atoms with Crippen molar-refractivity contribution in [3.63, 3.8) is 0 Å². The number of anilines is 1. The second kappa shape index (κ2) is 5.44. The molecule has 18 heavy (non-hydrogen) atoms. The lowest BCUT2D eigenvalue weighted by molar-refractivity contribution is 0.415. The number of aromatic nitrogens is 2. The summed E-state index contributed by atoms with van der Waals surface area (Å²) in [4.78, 5) is 0. The third-order valence-corrected chi connectivity index (χ3v) is 3.53. The van der Waals surface area contributed by atoms with Crippen LogP contribution in [0, 0.1) is 0 Å². The largest absolute Gasteiger partial charge is 0.497 e. The average Bonchev–Trinajstić information content (AvgIpc) is 2.73. The molecule has 96 valence electrons. The van der Waals surface area contributed by atoms with Gasteiger partial charge in [0, 0.05) is 15.6 Å². The molecule has 0 aliphatic heterocycles. The van der Waals surface area contributed by atoms with Gasteiger partial charge in [-0.05, 0) is 24.6 Å². The van der Waals surface area contributed by atoms with Crippen LogP contribution in [0.25, 0.3) is 11.3 Å². The lowest BCUT2D eigenvalue weighted by atomic mass is 10.0. The highest BCUT2D eigenvalue weighted by Crippen LogP contribution is 2.34. The van der Waals surface area contributed by atoms with Crippen LogP contribution in [-0.4, -0.2) is 17.3 Å². The highest BCUT2D eigenvalue weighted by atomic mass is 79.9. The van der Waals surface area contributed by atoms with Gasteiger partial charge in [0.2, 0.25) is 0 Å². The first-order valence-corrected chi connectivity index (χ1v) is 6.63. The number of methoxy groups -OCH3 is 1. The summed E-state index contributed by atoms with van der Waals surface area (Å²) in [6.45, 7) is 2.12. The van der Waals surface area contributed by atoms with E-state index in [0.29, 0.717) is 5.82 Å². The molecule has 0 bridgehead atoms. The number of benzene rings is 1. The topological polar surface area (TPSA) is 63.9 Å². The first-order valence-electron chi connectivity index (χ1n) is 5.84. The number of nitrogens with one attached hydrogen (secondary N) is 1. The van der Waals surface area contributed by atoms with Gasteiger partial charge in [-0.3, -0.25) is 5.10 Å². The Labute approximate surface area is 115 Å². The van der Waals surface area contributed by atoms with Crippen molar-refractivity contribution in [3.8, 4) is 17.0 Å². The molecule has 4 nitrogen and oxygen atoms in total. The van der Waals surface area contributed by atoms with Crippen LogP contribution >= 0.6 is 15.9 Å². The van der Waals surface area contributed by atoms with Gasteiger partial charge in [-0.2, -0.15) is 5.10 Å². The van der Waals surface area contributed by atoms with Crippen LogP contribution in [0.2, 0.25) is 0 Å². The molecule has 2 rings (SSSR count). The van der Waals surface area contributed by atoms with Crippen LogP contribution in [0.4, 0.5) is 5.82 Å². The van der Waals surface area contributed by atoms with E-state index < -0.39 is 0 Å². The molecule has 0 spiro atoms. The van der Waals surface area contributed by atoms with Gasteiger partial charge in [0.1, 0.15) is 11.6 Å². The predicted octanol–water partition coefficient (Wildman–Crippen LogP) is 3.38. The summed E-state index contributed by atoms with van der Waals surface area (Å²) in [6.07, 6.45) is 1.93. The van der Waals surface area contributed by atoms with Gasteiger partial charge >= 0.3 is 0 Å². The number of aromatic amines is 1. The van der Waals surface area contributed by atoms with E-state index in [1.165, 1.54) is 0 Å². The molecule has 0 saturated carbocycles. The Balaban J connectivity index is 2.54. The summed E-state index contributed by atoms with van der Waals surface area (Å²) >= 11 is 3.55. The molecular weight excluding hydrogens is 294 g/mol. The fourth-order valence-electron chi connectivity index (χ4n) is 1.93. The maximum absolute atomic E-state index is 5.90. The van der Waals surface area contributed by atoms with E-state index in [4.69, 9.17) is 10.5 Å². The van der Waals surface area contributed by atoms with E-state index in [1.54, 1.807) is 7.11 Å². The molecule has 3 N–H and O–H groups in total. The number of hydrogen-bond acceptors (Lipinski definition) is 3. The van der Waals surface area contributed by atoms with Gasteiger partial charge in [-0.15, -0.1) is 0 Å². The summed E-state index contributed by atoms with van der Waals surface area (Å²) in [5.74, 6) is 1.38. The van der Waals surface area contributed by atoms with Crippen molar-refractivity contribution >= 4 is 21.7 Å². The molecule has 0 aliphatic carbocycles. The molecule has 0 aliphatic rings. The van der Waals surface area contributed by atoms with E-state index in [1.807, 2.05) is 18.2 Å². The number of nitrogen functional groups attached to an aromatic ring is 1. The van der Waals surface area contributed by atoms with Crippen molar-refractivity contribution in [1.82, 2.24) is 10.2 Å². The minimum absolute atomic E-state index is 0.571. The number of hydrogen-bond donors (Lipinski definition) is 2. The van der Waals surface area contributed by atoms with Crippen LogP contribution in [0.1, 0.15) is 18.9 Å². The lowest BCUT2D eigenvalue weighted by Crippen LogP contribution is -1.93. The quantitative estimate of drug-likeness (QED) is 0.910. The Bertz CT molecular complexity index is 551. The Kier molecular flexibility index (Phi) is 3.91. The number of rotatable bonds is 4. The molecule has 1 aromatic heterocycles. The normalized spacial score (nSPS) is 10.6. The Hall–Kier alpha value is -1.49. The molecule has 2 aromatic rings. The summed E-state index contributed by atoms with van der Waals surface area (Å²) in [5, 5.41) is 7.11. The second-order valence-electron chi connectivity index (χ2n) is 4.06. The molecular formula is C13H16BrN3O. The van der Waals surface area contributed by atoms with E-state index in [0.717, 1.165) is 39.9 Å². The number of nitrogens with zero attached hydrogens (tertiary/aromatic N) is 1. The maximum Gasteiger partial charge on any atom is 0.149 e. The molecule has 0 radical (unpaired) electrons. The second-order valence-corrected chi connectivity index (χ2v) is 4.91. The van der Waals surface area contributed by atoms with E-state index >= 15 is 0 Å². The summed E-state index contributed by atoms with van der Waals surface area (Å²) in [6, 6.07) is 5.84. The van der Waals surface area contributed by atoms with Crippen molar-refractivity contribution in [2.24, 2.45) is 0 Å². The number of H-pyrrole nitrogens is 1. The van der Waals surface area contributed by atoms with Crippen molar-refractivity contribution in [3.05, 3.63) is 28.2 Å². The highest BCUT2D eigenvalue weighted by Gasteiger charge is 2.14. The molecule has 0 unspecified atom stereocenters. The van der Waals surface area contributed by atoms with Gasteiger partial charge in [-0.25, -0.2) is 0 Å². The smallest absolute Gasteiger partial charge is 0.149 e. The van der Waals surface area contributed by atoms with Gasteiger partial charge in [-0.1, -0.05) is 29.3 Å². The zero-order valence-corrected chi connectivity index (χ0v) is 12.0. The molecule has 5 heteroatoms. The average molecular weight is 310 g/mol. The molecule has 0 saturated heterocycles. The van der Waals surface area contributed by atoms with Crippen molar-refractivity contribution in [2.75, 3.05) is 12.8 Å². The van der Waals surface area contributed by atoms with Crippen molar-refractivity contribution in [2.45, 2.75) is 19.8 Å². The minimum atomic E-state index is 0.571. The van der Waals surface area contributed by atoms with Crippen LogP contribution < -0.4 is 10.5 Å². The van der Waals surface area contributed by atoms with Gasteiger partial charge in [0.15, 0.2) is 0 Å². The van der Waals surface area contributed by atoms with Crippen molar-refractivity contribution in [1.29, 1.82) is 0 Å². The third kappa shape index (κ3) is 2.36. The Morgan fingerprint density at radius 1 is 1.44 bits per heavy atom. The summed E-state index contributed by atoms with van der Waals surface area (Å²) in [5.41, 5.74) is 8.93. The van der Waals surface area contributed by atoms with Crippen molar-refractivity contribution < 1.29 is 4.74 Å². The van der Waals surface area contributed by atoms with Crippen LogP contribution in [0.5, 0.6) is 5.75 Å². The zero-order chi connectivity index (χ0) is 13.1. The summed E-state index contributed by atoms with van der Waals surface area (Å²) < 4.78 is 6.24. The summed E-state index contributed by atoms with van der Waals surface area (Å²) in [7, 11) is 1.65. The SMILES string of the molecule is CCCc1c(N)n[nH]c1-c1cc(OC)ccc1Br. The first-order chi connectivity index (χ1) is 8.67. The Morgan fingerprint density at radius 3 is 2.89 bits per heavy atom.